The van der Waals surface area contributed by atoms with Gasteiger partial charge in [0.15, 0.2) is 16.2 Å². The van der Waals surface area contributed by atoms with E-state index in [-0.39, 0.29) is 29.7 Å². The van der Waals surface area contributed by atoms with E-state index in [2.05, 4.69) is 10.3 Å². The van der Waals surface area contributed by atoms with Crippen molar-refractivity contribution in [1.82, 2.24) is 24.1 Å². The number of amides is 1. The summed E-state index contributed by atoms with van der Waals surface area (Å²) < 4.78 is 39.5. The number of aryl methyl sites for hydroxylation is 2. The molecule has 1 saturated heterocycles. The molecule has 0 bridgehead atoms. The fraction of sp³-hybridized carbons (Fsp3) is 0.562. The van der Waals surface area contributed by atoms with Gasteiger partial charge in [-0.05, 0) is 6.92 Å². The maximum atomic E-state index is 13.1. The van der Waals surface area contributed by atoms with Gasteiger partial charge in [-0.25, -0.2) is 0 Å². The van der Waals surface area contributed by atoms with Crippen LogP contribution < -0.4 is 0 Å². The van der Waals surface area contributed by atoms with Gasteiger partial charge in [0.2, 0.25) is 4.90 Å². The zero-order chi connectivity index (χ0) is 19.2. The molecule has 27 heavy (non-hydrogen) atoms. The third kappa shape index (κ3) is 3.10. The van der Waals surface area contributed by atoms with Gasteiger partial charge in [-0.3, -0.25) is 9.48 Å². The Morgan fingerprint density at radius 2 is 1.96 bits per heavy atom. The number of rotatable bonds is 3. The molecule has 2 aromatic rings. The molecule has 1 amide bonds. The average molecular weight is 395 g/mol. The van der Waals surface area contributed by atoms with Crippen LogP contribution in [0.15, 0.2) is 15.6 Å². The molecular weight excluding hydrogens is 374 g/mol. The molecule has 0 aromatic carbocycles. The standard InChI is InChI=1S/C16H21N5O5S/c1-11-15(12(2)26-18-11)27(23,24)20-3-4-21-14(10-20)13(9-17-21)16(22)19-5-7-25-8-6-19/h9H,3-8,10H2,1-2H3. The fourth-order valence-corrected chi connectivity index (χ4v) is 5.20. The number of aromatic nitrogens is 3. The first-order valence-electron chi connectivity index (χ1n) is 8.74. The van der Waals surface area contributed by atoms with Crippen molar-refractivity contribution in [2.75, 3.05) is 32.8 Å². The Bertz CT molecular complexity index is 897. The van der Waals surface area contributed by atoms with Crippen molar-refractivity contribution in [3.63, 3.8) is 0 Å². The first-order chi connectivity index (χ1) is 12.9. The lowest BCUT2D eigenvalue weighted by Gasteiger charge is -2.31. The van der Waals surface area contributed by atoms with Crippen LogP contribution in [-0.4, -0.2) is 67.5 Å². The summed E-state index contributed by atoms with van der Waals surface area (Å²) in [6.07, 6.45) is 1.53. The Balaban J connectivity index is 1.62. The zero-order valence-corrected chi connectivity index (χ0v) is 16.0. The van der Waals surface area contributed by atoms with Crippen LogP contribution in [0.5, 0.6) is 0 Å². The Morgan fingerprint density at radius 3 is 2.63 bits per heavy atom. The molecule has 1 atom stereocenters. The molecule has 0 spiro atoms. The lowest BCUT2D eigenvalue weighted by atomic mass is 10.2. The first kappa shape index (κ1) is 18.3. The number of hydrogen-bond donors (Lipinski definition) is 0. The van der Waals surface area contributed by atoms with Gasteiger partial charge in [-0.15, -0.1) is 4.31 Å². The maximum Gasteiger partial charge on any atom is 0.257 e. The number of hydrogen-bond acceptors (Lipinski definition) is 7. The molecule has 1 fully saturated rings. The minimum absolute atomic E-state index is 0.0812. The summed E-state index contributed by atoms with van der Waals surface area (Å²) >= 11 is 0. The van der Waals surface area contributed by atoms with Gasteiger partial charge in [0.05, 0.1) is 50.3 Å². The second-order valence-corrected chi connectivity index (χ2v) is 8.50. The lowest BCUT2D eigenvalue weighted by molar-refractivity contribution is 0.0301. The van der Waals surface area contributed by atoms with Crippen LogP contribution >= 0.6 is 0 Å². The molecule has 0 saturated carbocycles. The molecule has 146 valence electrons. The van der Waals surface area contributed by atoms with Gasteiger partial charge < -0.3 is 18.7 Å². The van der Waals surface area contributed by atoms with Crippen molar-refractivity contribution in [3.05, 3.63) is 28.9 Å². The molecule has 0 N–H and O–H groups in total. The number of morpholine rings is 1. The van der Waals surface area contributed by atoms with E-state index in [0.29, 0.717) is 49.8 Å². The molecule has 4 rings (SSSR count). The van der Waals surface area contributed by atoms with E-state index in [1.54, 1.807) is 23.4 Å². The largest absolute Gasteiger partial charge is 0.593 e. The summed E-state index contributed by atoms with van der Waals surface area (Å²) in [6.45, 7) is 5.95. The summed E-state index contributed by atoms with van der Waals surface area (Å²) in [4.78, 5) is 14.7. The van der Waals surface area contributed by atoms with Crippen molar-refractivity contribution in [3.8, 4) is 0 Å². The molecular formula is C16H21N5O5S. The molecule has 10 nitrogen and oxygen atoms in total. The molecule has 2 aliphatic heterocycles. The highest BCUT2D eigenvalue weighted by atomic mass is 32.3. The molecule has 2 aliphatic rings. The van der Waals surface area contributed by atoms with E-state index >= 15 is 0 Å². The normalized spacial score (nSPS) is 20.3. The van der Waals surface area contributed by atoms with Gasteiger partial charge >= 0.3 is 0 Å². The van der Waals surface area contributed by atoms with E-state index in [4.69, 9.17) is 9.26 Å². The molecule has 11 heteroatoms. The average Bonchev–Trinajstić information content (AvgIpc) is 3.24. The van der Waals surface area contributed by atoms with Gasteiger partial charge in [-0.1, -0.05) is 9.37 Å². The molecule has 0 radical (unpaired) electrons. The van der Waals surface area contributed by atoms with E-state index in [0.717, 1.165) is 0 Å². The fourth-order valence-electron chi connectivity index (χ4n) is 3.52. The number of fused-ring (bicyclic) bond motifs is 1. The summed E-state index contributed by atoms with van der Waals surface area (Å²) in [5, 5.41) is 8.02. The van der Waals surface area contributed by atoms with Crippen molar-refractivity contribution in [2.45, 2.75) is 31.8 Å². The Kier molecular flexibility index (Phi) is 4.62. The Morgan fingerprint density at radius 1 is 1.22 bits per heavy atom. The van der Waals surface area contributed by atoms with Crippen LogP contribution in [0.2, 0.25) is 0 Å². The highest BCUT2D eigenvalue weighted by Gasteiger charge is 2.40. The van der Waals surface area contributed by atoms with Crippen LogP contribution in [0, 0.1) is 13.8 Å². The van der Waals surface area contributed by atoms with Gasteiger partial charge in [-0.2, -0.15) is 5.10 Å². The van der Waals surface area contributed by atoms with Crippen molar-refractivity contribution >= 4 is 16.3 Å². The summed E-state index contributed by atoms with van der Waals surface area (Å²) in [5.41, 5.74) is 1.37. The van der Waals surface area contributed by atoms with Gasteiger partial charge in [0.25, 0.3) is 5.91 Å². The zero-order valence-electron chi connectivity index (χ0n) is 15.2. The third-order valence-corrected chi connectivity index (χ3v) is 7.02. The van der Waals surface area contributed by atoms with E-state index in [1.807, 2.05) is 0 Å². The number of nitrogens with zero attached hydrogens (tertiary/aromatic N) is 5. The smallest absolute Gasteiger partial charge is 0.257 e. The predicted octanol–water partition coefficient (Wildman–Crippen LogP) is 0.380. The van der Waals surface area contributed by atoms with Crippen molar-refractivity contribution in [2.24, 2.45) is 0 Å². The third-order valence-electron chi connectivity index (χ3n) is 4.93. The second kappa shape index (κ2) is 6.82. The monoisotopic (exact) mass is 395 g/mol. The number of carbonyl (C=O) groups excluding carboxylic acids is 1. The lowest BCUT2D eigenvalue weighted by Crippen LogP contribution is -2.44. The Labute approximate surface area is 157 Å². The number of sulfonamides is 1. The quantitative estimate of drug-likeness (QED) is 0.690. The van der Waals surface area contributed by atoms with Gasteiger partial charge in [0, 0.05) is 20.0 Å². The second-order valence-electron chi connectivity index (χ2n) is 6.62. The van der Waals surface area contributed by atoms with Crippen LogP contribution in [0.3, 0.4) is 0 Å². The minimum atomic E-state index is -3.78. The summed E-state index contributed by atoms with van der Waals surface area (Å²) in [5.74, 6) is 0.118. The minimum Gasteiger partial charge on any atom is -0.593 e. The Hall–Kier alpha value is -2.08. The SMILES string of the molecule is Cc1noc(C)c1[S+](=O)([O-])N1CCn2ncc(C(=O)N3CCOCC3)c2C1. The topological polar surface area (TPSA) is 117 Å². The van der Waals surface area contributed by atoms with Gasteiger partial charge in [0.1, 0.15) is 5.69 Å². The molecule has 1 unspecified atom stereocenters. The van der Waals surface area contributed by atoms with Crippen LogP contribution in [0.25, 0.3) is 0 Å². The highest BCUT2D eigenvalue weighted by Crippen LogP contribution is 2.31. The van der Waals surface area contributed by atoms with Crippen molar-refractivity contribution in [1.29, 1.82) is 0 Å². The molecule has 4 heterocycles. The molecule has 0 aliphatic carbocycles. The number of ether oxygens (including phenoxy) is 1. The first-order valence-corrected chi connectivity index (χ1v) is 10.2. The van der Waals surface area contributed by atoms with E-state index in [9.17, 15) is 13.6 Å². The molecule has 2 aromatic heterocycles. The van der Waals surface area contributed by atoms with Crippen LogP contribution in [0.4, 0.5) is 0 Å². The number of carbonyl (C=O) groups is 1. The van der Waals surface area contributed by atoms with Crippen LogP contribution in [0.1, 0.15) is 27.5 Å². The predicted molar refractivity (Wildman–Crippen MR) is 92.4 cm³/mol. The maximum absolute atomic E-state index is 13.1. The summed E-state index contributed by atoms with van der Waals surface area (Å²) in [7, 11) is -3.78. The van der Waals surface area contributed by atoms with Crippen LogP contribution in [-0.2, 0) is 32.4 Å². The van der Waals surface area contributed by atoms with Crippen molar-refractivity contribution < 1.29 is 22.8 Å². The summed E-state index contributed by atoms with van der Waals surface area (Å²) in [6, 6.07) is 0. The highest BCUT2D eigenvalue weighted by molar-refractivity contribution is 7.95. The van der Waals surface area contributed by atoms with E-state index < -0.39 is 10.4 Å². The van der Waals surface area contributed by atoms with E-state index in [1.165, 1.54) is 10.5 Å².